The smallest absolute Gasteiger partial charge is 0.118 e. The zero-order valence-corrected chi connectivity index (χ0v) is 13.8. The molecule has 0 aliphatic heterocycles. The molecule has 0 fully saturated rings. The quantitative estimate of drug-likeness (QED) is 0.867. The van der Waals surface area contributed by atoms with Crippen LogP contribution in [-0.4, -0.2) is 18.8 Å². The van der Waals surface area contributed by atoms with Crippen LogP contribution in [-0.2, 0) is 0 Å². The second-order valence-electron chi connectivity index (χ2n) is 5.04. The summed E-state index contributed by atoms with van der Waals surface area (Å²) in [4.78, 5) is 0. The maximum atomic E-state index is 10.7. The predicted octanol–water partition coefficient (Wildman–Crippen LogP) is 3.54. The minimum atomic E-state index is -0.655. The molecule has 2 aromatic carbocycles. The van der Waals surface area contributed by atoms with Gasteiger partial charge in [-0.05, 0) is 35.7 Å². The van der Waals surface area contributed by atoms with Gasteiger partial charge in [0.25, 0.3) is 0 Å². The van der Waals surface area contributed by atoms with Gasteiger partial charge >= 0.3 is 0 Å². The van der Waals surface area contributed by atoms with Gasteiger partial charge in [0, 0.05) is 16.9 Å². The Bertz CT molecular complexity index is 598. The van der Waals surface area contributed by atoms with E-state index in [0.717, 1.165) is 26.9 Å². The SMILES string of the molecule is COc1ccc(C(CN)C(O)c2cccc(C)c2Br)cc1. The van der Waals surface area contributed by atoms with Crippen LogP contribution >= 0.6 is 15.9 Å². The average molecular weight is 350 g/mol. The lowest BCUT2D eigenvalue weighted by atomic mass is 9.88. The summed E-state index contributed by atoms with van der Waals surface area (Å²) in [5.41, 5.74) is 8.85. The Morgan fingerprint density at radius 1 is 1.19 bits per heavy atom. The first-order chi connectivity index (χ1) is 10.1. The van der Waals surface area contributed by atoms with Crippen molar-refractivity contribution in [1.29, 1.82) is 0 Å². The number of benzene rings is 2. The Balaban J connectivity index is 2.33. The summed E-state index contributed by atoms with van der Waals surface area (Å²) >= 11 is 3.55. The number of aliphatic hydroxyl groups excluding tert-OH is 1. The van der Waals surface area contributed by atoms with Crippen LogP contribution < -0.4 is 10.5 Å². The molecule has 0 aliphatic rings. The van der Waals surface area contributed by atoms with E-state index >= 15 is 0 Å². The van der Waals surface area contributed by atoms with E-state index < -0.39 is 6.10 Å². The van der Waals surface area contributed by atoms with Crippen LogP contribution in [0.4, 0.5) is 0 Å². The van der Waals surface area contributed by atoms with E-state index in [1.807, 2.05) is 49.4 Å². The van der Waals surface area contributed by atoms with E-state index in [2.05, 4.69) is 15.9 Å². The number of nitrogens with two attached hydrogens (primary N) is 1. The number of aliphatic hydroxyl groups is 1. The summed E-state index contributed by atoms with van der Waals surface area (Å²) in [7, 11) is 1.63. The van der Waals surface area contributed by atoms with Crippen LogP contribution in [0.5, 0.6) is 5.75 Å². The molecular formula is C17H20BrNO2. The van der Waals surface area contributed by atoms with Crippen molar-refractivity contribution < 1.29 is 9.84 Å². The lowest BCUT2D eigenvalue weighted by Gasteiger charge is -2.24. The Morgan fingerprint density at radius 2 is 1.86 bits per heavy atom. The molecule has 2 aromatic rings. The third kappa shape index (κ3) is 3.46. The van der Waals surface area contributed by atoms with Crippen molar-refractivity contribution in [3.63, 3.8) is 0 Å². The maximum Gasteiger partial charge on any atom is 0.118 e. The van der Waals surface area contributed by atoms with E-state index in [-0.39, 0.29) is 5.92 Å². The Labute approximate surface area is 133 Å². The Hall–Kier alpha value is -1.36. The number of aryl methyl sites for hydroxylation is 1. The predicted molar refractivity (Wildman–Crippen MR) is 88.6 cm³/mol. The van der Waals surface area contributed by atoms with E-state index in [9.17, 15) is 5.11 Å². The zero-order chi connectivity index (χ0) is 15.4. The second kappa shape index (κ2) is 7.07. The molecule has 3 nitrogen and oxygen atoms in total. The van der Waals surface area contributed by atoms with Gasteiger partial charge in [0.15, 0.2) is 0 Å². The first kappa shape index (κ1) is 16.0. The van der Waals surface area contributed by atoms with Gasteiger partial charge in [-0.15, -0.1) is 0 Å². The first-order valence-electron chi connectivity index (χ1n) is 6.85. The number of hydrogen-bond acceptors (Lipinski definition) is 3. The molecular weight excluding hydrogens is 330 g/mol. The number of rotatable bonds is 5. The fourth-order valence-corrected chi connectivity index (χ4v) is 2.91. The fraction of sp³-hybridized carbons (Fsp3) is 0.294. The Kier molecular flexibility index (Phi) is 5.39. The molecule has 21 heavy (non-hydrogen) atoms. The van der Waals surface area contributed by atoms with Gasteiger partial charge in [0.2, 0.25) is 0 Å². The highest BCUT2D eigenvalue weighted by Gasteiger charge is 2.23. The number of ether oxygens (including phenoxy) is 1. The first-order valence-corrected chi connectivity index (χ1v) is 7.65. The summed E-state index contributed by atoms with van der Waals surface area (Å²) < 4.78 is 6.10. The molecule has 2 atom stereocenters. The van der Waals surface area contributed by atoms with E-state index in [0.29, 0.717) is 6.54 Å². The minimum Gasteiger partial charge on any atom is -0.497 e. The molecule has 3 N–H and O–H groups in total. The van der Waals surface area contributed by atoms with E-state index in [1.165, 1.54) is 0 Å². The molecule has 0 heterocycles. The van der Waals surface area contributed by atoms with E-state index in [4.69, 9.17) is 10.5 Å². The molecule has 112 valence electrons. The molecule has 0 saturated heterocycles. The molecule has 2 rings (SSSR count). The normalized spacial score (nSPS) is 13.8. The summed E-state index contributed by atoms with van der Waals surface area (Å²) in [6.07, 6.45) is -0.655. The van der Waals surface area contributed by atoms with Crippen LogP contribution in [0, 0.1) is 6.92 Å². The molecule has 2 unspecified atom stereocenters. The summed E-state index contributed by atoms with van der Waals surface area (Å²) in [5, 5.41) is 10.7. The van der Waals surface area contributed by atoms with Crippen molar-refractivity contribution in [2.75, 3.05) is 13.7 Å². The van der Waals surface area contributed by atoms with Gasteiger partial charge in [-0.1, -0.05) is 46.3 Å². The molecule has 0 amide bonds. The highest BCUT2D eigenvalue weighted by Crippen LogP contribution is 2.35. The van der Waals surface area contributed by atoms with Crippen LogP contribution in [0.25, 0.3) is 0 Å². The van der Waals surface area contributed by atoms with Crippen molar-refractivity contribution in [2.24, 2.45) is 5.73 Å². The summed E-state index contributed by atoms with van der Waals surface area (Å²) in [6.45, 7) is 2.37. The van der Waals surface area contributed by atoms with Gasteiger partial charge in [0.05, 0.1) is 13.2 Å². The van der Waals surface area contributed by atoms with Crippen molar-refractivity contribution in [3.05, 3.63) is 63.6 Å². The average Bonchev–Trinajstić information content (AvgIpc) is 2.51. The topological polar surface area (TPSA) is 55.5 Å². The number of hydrogen-bond donors (Lipinski definition) is 2. The Morgan fingerprint density at radius 3 is 2.43 bits per heavy atom. The number of halogens is 1. The summed E-state index contributed by atoms with van der Waals surface area (Å²) in [6, 6.07) is 13.5. The minimum absolute atomic E-state index is 0.158. The van der Waals surface area contributed by atoms with Gasteiger partial charge < -0.3 is 15.6 Å². The van der Waals surface area contributed by atoms with Gasteiger partial charge in [-0.25, -0.2) is 0 Å². The molecule has 0 aliphatic carbocycles. The standard InChI is InChI=1S/C17H20BrNO2/c1-11-4-3-5-14(16(11)18)17(20)15(10-19)12-6-8-13(21-2)9-7-12/h3-9,15,17,20H,10,19H2,1-2H3. The molecule has 4 heteroatoms. The zero-order valence-electron chi connectivity index (χ0n) is 12.2. The van der Waals surface area contributed by atoms with Crippen LogP contribution in [0.3, 0.4) is 0 Å². The lowest BCUT2D eigenvalue weighted by Crippen LogP contribution is -2.20. The summed E-state index contributed by atoms with van der Waals surface area (Å²) in [5.74, 6) is 0.634. The molecule has 0 spiro atoms. The fourth-order valence-electron chi connectivity index (χ4n) is 2.41. The van der Waals surface area contributed by atoms with Crippen LogP contribution in [0.15, 0.2) is 46.9 Å². The molecule has 0 aromatic heterocycles. The molecule has 0 saturated carbocycles. The molecule has 0 bridgehead atoms. The highest BCUT2D eigenvalue weighted by molar-refractivity contribution is 9.10. The highest BCUT2D eigenvalue weighted by atomic mass is 79.9. The van der Waals surface area contributed by atoms with Gasteiger partial charge in [0.1, 0.15) is 5.75 Å². The van der Waals surface area contributed by atoms with Gasteiger partial charge in [-0.3, -0.25) is 0 Å². The molecule has 0 radical (unpaired) electrons. The van der Waals surface area contributed by atoms with Crippen molar-refractivity contribution in [1.82, 2.24) is 0 Å². The third-order valence-corrected chi connectivity index (χ3v) is 4.80. The van der Waals surface area contributed by atoms with Crippen LogP contribution in [0.2, 0.25) is 0 Å². The van der Waals surface area contributed by atoms with Gasteiger partial charge in [-0.2, -0.15) is 0 Å². The van der Waals surface area contributed by atoms with Crippen LogP contribution in [0.1, 0.15) is 28.7 Å². The van der Waals surface area contributed by atoms with E-state index in [1.54, 1.807) is 7.11 Å². The monoisotopic (exact) mass is 349 g/mol. The van der Waals surface area contributed by atoms with Crippen molar-refractivity contribution in [3.8, 4) is 5.75 Å². The lowest BCUT2D eigenvalue weighted by molar-refractivity contribution is 0.146. The maximum absolute atomic E-state index is 10.7. The number of methoxy groups -OCH3 is 1. The van der Waals surface area contributed by atoms with Crippen molar-refractivity contribution >= 4 is 15.9 Å². The second-order valence-corrected chi connectivity index (χ2v) is 5.83. The largest absolute Gasteiger partial charge is 0.497 e. The third-order valence-electron chi connectivity index (χ3n) is 3.72. The van der Waals surface area contributed by atoms with Crippen molar-refractivity contribution in [2.45, 2.75) is 18.9 Å².